The van der Waals surface area contributed by atoms with Gasteiger partial charge < -0.3 is 5.73 Å². The van der Waals surface area contributed by atoms with Crippen LogP contribution in [0.4, 0.5) is 10.1 Å². The number of thiocyanates is 1. The Balaban J connectivity index is 3.31. The fourth-order valence-electron chi connectivity index (χ4n) is 1.24. The minimum absolute atomic E-state index is 0.548. The van der Waals surface area contributed by atoms with Crippen molar-refractivity contribution in [3.63, 3.8) is 0 Å². The highest BCUT2D eigenvalue weighted by Gasteiger charge is 2.20. The molecule has 0 saturated heterocycles. The third-order valence-corrected chi connectivity index (χ3v) is 2.84. The fraction of sp³-hybridized carbons (Fsp3) is 0.364. The molecule has 0 atom stereocenters. The first-order valence-corrected chi connectivity index (χ1v) is 5.33. The van der Waals surface area contributed by atoms with Gasteiger partial charge in [0.05, 0.1) is 0 Å². The number of benzene rings is 1. The number of nitrogens with two attached hydrogens (primary N) is 1. The van der Waals surface area contributed by atoms with Crippen LogP contribution in [0.15, 0.2) is 17.0 Å². The van der Waals surface area contributed by atoms with Crippen LogP contribution in [0.25, 0.3) is 0 Å². The van der Waals surface area contributed by atoms with E-state index in [0.29, 0.717) is 16.1 Å². The summed E-state index contributed by atoms with van der Waals surface area (Å²) in [6, 6.07) is 3.35. The van der Waals surface area contributed by atoms with Crippen LogP contribution in [0.5, 0.6) is 0 Å². The minimum atomic E-state index is -1.41. The number of nitriles is 1. The topological polar surface area (TPSA) is 49.8 Å². The average molecular weight is 224 g/mol. The zero-order valence-corrected chi connectivity index (χ0v) is 9.78. The van der Waals surface area contributed by atoms with E-state index in [4.69, 9.17) is 11.0 Å². The van der Waals surface area contributed by atoms with Gasteiger partial charge in [-0.25, -0.2) is 4.39 Å². The lowest BCUT2D eigenvalue weighted by atomic mass is 9.98. The molecule has 0 radical (unpaired) electrons. The number of rotatable bonds is 2. The molecule has 0 heterocycles. The van der Waals surface area contributed by atoms with Gasteiger partial charge in [0, 0.05) is 10.6 Å². The van der Waals surface area contributed by atoms with Gasteiger partial charge in [-0.1, -0.05) is 6.07 Å². The van der Waals surface area contributed by atoms with Crippen LogP contribution in [-0.2, 0) is 5.67 Å². The summed E-state index contributed by atoms with van der Waals surface area (Å²) in [6.07, 6.45) is 0. The Morgan fingerprint density at radius 1 is 1.47 bits per heavy atom. The van der Waals surface area contributed by atoms with E-state index in [2.05, 4.69) is 0 Å². The van der Waals surface area contributed by atoms with E-state index in [0.717, 1.165) is 17.3 Å². The average Bonchev–Trinajstić information content (AvgIpc) is 2.11. The number of hydrogen-bond acceptors (Lipinski definition) is 3. The van der Waals surface area contributed by atoms with E-state index in [-0.39, 0.29) is 0 Å². The predicted octanol–water partition coefficient (Wildman–Crippen LogP) is 3.36. The second-order valence-electron chi connectivity index (χ2n) is 3.87. The number of nitrogens with zero attached hydrogens (tertiary/aromatic N) is 1. The molecule has 1 aromatic carbocycles. The summed E-state index contributed by atoms with van der Waals surface area (Å²) in [7, 11) is 0. The molecule has 0 saturated carbocycles. The SMILES string of the molecule is Cc1cc(C(C)(C)F)cc(SC#N)c1N. The van der Waals surface area contributed by atoms with E-state index >= 15 is 0 Å². The van der Waals surface area contributed by atoms with Crippen molar-refractivity contribution in [2.24, 2.45) is 0 Å². The summed E-state index contributed by atoms with van der Waals surface area (Å²) in [5.74, 6) is 0. The van der Waals surface area contributed by atoms with E-state index in [1.54, 1.807) is 12.1 Å². The van der Waals surface area contributed by atoms with Crippen LogP contribution in [-0.4, -0.2) is 0 Å². The lowest BCUT2D eigenvalue weighted by molar-refractivity contribution is 0.221. The molecule has 1 rings (SSSR count). The van der Waals surface area contributed by atoms with E-state index in [1.807, 2.05) is 12.3 Å². The van der Waals surface area contributed by atoms with Crippen LogP contribution >= 0.6 is 11.8 Å². The number of nitrogen functional groups attached to an aromatic ring is 1. The molecular formula is C11H13FN2S. The largest absolute Gasteiger partial charge is 0.398 e. The number of thioether (sulfide) groups is 1. The molecule has 4 heteroatoms. The summed E-state index contributed by atoms with van der Waals surface area (Å²) in [4.78, 5) is 0.623. The van der Waals surface area contributed by atoms with Gasteiger partial charge in [0.25, 0.3) is 0 Å². The molecular weight excluding hydrogens is 211 g/mol. The molecule has 0 aliphatic rings. The van der Waals surface area contributed by atoms with Crippen molar-refractivity contribution in [2.45, 2.75) is 31.3 Å². The maximum Gasteiger partial charge on any atom is 0.138 e. The molecule has 0 aromatic heterocycles. The van der Waals surface area contributed by atoms with Gasteiger partial charge in [-0.3, -0.25) is 0 Å². The van der Waals surface area contributed by atoms with E-state index in [9.17, 15) is 4.39 Å². The lowest BCUT2D eigenvalue weighted by Crippen LogP contribution is -2.10. The molecule has 0 unspecified atom stereocenters. The molecule has 80 valence electrons. The van der Waals surface area contributed by atoms with Crippen LogP contribution < -0.4 is 5.73 Å². The minimum Gasteiger partial charge on any atom is -0.398 e. The Morgan fingerprint density at radius 3 is 2.53 bits per heavy atom. The highest BCUT2D eigenvalue weighted by molar-refractivity contribution is 8.03. The number of aryl methyl sites for hydroxylation is 1. The number of anilines is 1. The highest BCUT2D eigenvalue weighted by Crippen LogP contribution is 2.34. The second kappa shape index (κ2) is 4.11. The van der Waals surface area contributed by atoms with E-state index in [1.165, 1.54) is 13.8 Å². The molecule has 0 aliphatic heterocycles. The van der Waals surface area contributed by atoms with Crippen LogP contribution in [0.1, 0.15) is 25.0 Å². The molecule has 0 amide bonds. The standard InChI is InChI=1S/C11H13FN2S/c1-7-4-8(11(2,3)12)5-9(10(7)14)15-6-13/h4-5H,14H2,1-3H3. The van der Waals surface area contributed by atoms with Crippen molar-refractivity contribution >= 4 is 17.4 Å². The van der Waals surface area contributed by atoms with Crippen molar-refractivity contribution in [3.05, 3.63) is 23.3 Å². The first-order valence-electron chi connectivity index (χ1n) is 4.51. The smallest absolute Gasteiger partial charge is 0.138 e. The van der Waals surface area contributed by atoms with Crippen molar-refractivity contribution in [1.29, 1.82) is 5.26 Å². The summed E-state index contributed by atoms with van der Waals surface area (Å²) in [5.41, 5.74) is 6.27. The predicted molar refractivity (Wildman–Crippen MR) is 61.2 cm³/mol. The van der Waals surface area contributed by atoms with E-state index < -0.39 is 5.67 Å². The lowest BCUT2D eigenvalue weighted by Gasteiger charge is -2.17. The summed E-state index contributed by atoms with van der Waals surface area (Å²) >= 11 is 0.960. The molecule has 0 aliphatic carbocycles. The van der Waals surface area contributed by atoms with Gasteiger partial charge in [-0.15, -0.1) is 0 Å². The Kier molecular flexibility index (Phi) is 3.25. The second-order valence-corrected chi connectivity index (χ2v) is 4.70. The van der Waals surface area contributed by atoms with Gasteiger partial charge in [-0.05, 0) is 49.7 Å². The normalized spacial score (nSPS) is 11.1. The Morgan fingerprint density at radius 2 is 2.07 bits per heavy atom. The van der Waals surface area contributed by atoms with Crippen LogP contribution in [0, 0.1) is 17.6 Å². The number of alkyl halides is 1. The molecule has 0 bridgehead atoms. The molecule has 15 heavy (non-hydrogen) atoms. The van der Waals surface area contributed by atoms with Gasteiger partial charge in [0.1, 0.15) is 11.1 Å². The first kappa shape index (κ1) is 11.9. The zero-order valence-electron chi connectivity index (χ0n) is 8.97. The Labute approximate surface area is 93.3 Å². The number of hydrogen-bond donors (Lipinski definition) is 1. The third-order valence-electron chi connectivity index (χ3n) is 2.19. The van der Waals surface area contributed by atoms with Crippen LogP contribution in [0.2, 0.25) is 0 Å². The molecule has 0 fully saturated rings. The molecule has 2 nitrogen and oxygen atoms in total. The Bertz CT molecular complexity index is 416. The maximum absolute atomic E-state index is 13.7. The Hall–Kier alpha value is -1.21. The third kappa shape index (κ3) is 2.63. The fourth-order valence-corrected chi connectivity index (χ4v) is 1.80. The first-order chi connectivity index (χ1) is 6.86. The van der Waals surface area contributed by atoms with Gasteiger partial charge >= 0.3 is 0 Å². The van der Waals surface area contributed by atoms with Gasteiger partial charge in [0.15, 0.2) is 0 Å². The van der Waals surface area contributed by atoms with Gasteiger partial charge in [-0.2, -0.15) is 5.26 Å². The van der Waals surface area contributed by atoms with Crippen molar-refractivity contribution in [2.75, 3.05) is 5.73 Å². The zero-order chi connectivity index (χ0) is 11.6. The highest BCUT2D eigenvalue weighted by atomic mass is 32.2. The molecule has 2 N–H and O–H groups in total. The monoisotopic (exact) mass is 224 g/mol. The summed E-state index contributed by atoms with van der Waals surface area (Å²) in [5, 5.41) is 10.5. The molecule has 1 aromatic rings. The van der Waals surface area contributed by atoms with Crippen LogP contribution in [0.3, 0.4) is 0 Å². The summed E-state index contributed by atoms with van der Waals surface area (Å²) < 4.78 is 13.7. The maximum atomic E-state index is 13.7. The summed E-state index contributed by atoms with van der Waals surface area (Å²) in [6.45, 7) is 4.78. The van der Waals surface area contributed by atoms with Crippen molar-refractivity contribution in [1.82, 2.24) is 0 Å². The molecule has 0 spiro atoms. The number of halogens is 1. The quantitative estimate of drug-likeness (QED) is 0.476. The van der Waals surface area contributed by atoms with Crippen molar-refractivity contribution in [3.8, 4) is 5.40 Å². The van der Waals surface area contributed by atoms with Crippen molar-refractivity contribution < 1.29 is 4.39 Å². The van der Waals surface area contributed by atoms with Gasteiger partial charge in [0.2, 0.25) is 0 Å².